The van der Waals surface area contributed by atoms with E-state index in [9.17, 15) is 4.79 Å². The van der Waals surface area contributed by atoms with E-state index in [1.54, 1.807) is 19.1 Å². The highest BCUT2D eigenvalue weighted by Crippen LogP contribution is 2.26. The van der Waals surface area contributed by atoms with E-state index in [-0.39, 0.29) is 5.78 Å². The molecule has 18 heavy (non-hydrogen) atoms. The van der Waals surface area contributed by atoms with E-state index in [0.717, 1.165) is 15.8 Å². The van der Waals surface area contributed by atoms with Crippen molar-refractivity contribution in [2.75, 3.05) is 11.1 Å². The molecule has 0 heterocycles. The van der Waals surface area contributed by atoms with Crippen molar-refractivity contribution in [3.63, 3.8) is 0 Å². The van der Waals surface area contributed by atoms with Gasteiger partial charge in [-0.25, -0.2) is 0 Å². The number of carbonyl (C=O) groups excluding carboxylic acids is 1. The Labute approximate surface area is 114 Å². The van der Waals surface area contributed by atoms with E-state index >= 15 is 0 Å². The summed E-state index contributed by atoms with van der Waals surface area (Å²) >= 11 is 3.36. The zero-order valence-corrected chi connectivity index (χ0v) is 11.5. The summed E-state index contributed by atoms with van der Waals surface area (Å²) in [4.78, 5) is 11.2. The summed E-state index contributed by atoms with van der Waals surface area (Å²) in [6.45, 7) is 1.55. The summed E-state index contributed by atoms with van der Waals surface area (Å²) in [6, 6.07) is 13.0. The van der Waals surface area contributed by atoms with Gasteiger partial charge in [-0.05, 0) is 49.4 Å². The quantitative estimate of drug-likeness (QED) is 0.666. The van der Waals surface area contributed by atoms with Gasteiger partial charge in [0.1, 0.15) is 0 Å². The first-order valence-electron chi connectivity index (χ1n) is 5.49. The van der Waals surface area contributed by atoms with Crippen molar-refractivity contribution in [1.29, 1.82) is 0 Å². The van der Waals surface area contributed by atoms with Crippen molar-refractivity contribution in [3.05, 3.63) is 52.5 Å². The molecular formula is C14H13BrN2O. The van der Waals surface area contributed by atoms with E-state index in [2.05, 4.69) is 21.2 Å². The Morgan fingerprint density at radius 2 is 1.83 bits per heavy atom. The lowest BCUT2D eigenvalue weighted by Crippen LogP contribution is -1.97. The number of ketones is 1. The molecule has 3 nitrogen and oxygen atoms in total. The third-order valence-electron chi connectivity index (χ3n) is 2.58. The molecule has 0 unspecified atom stereocenters. The molecule has 0 fully saturated rings. The lowest BCUT2D eigenvalue weighted by atomic mass is 10.1. The molecule has 3 N–H and O–H groups in total. The van der Waals surface area contributed by atoms with E-state index in [1.807, 2.05) is 30.3 Å². The molecule has 0 saturated heterocycles. The van der Waals surface area contributed by atoms with Crippen LogP contribution in [-0.2, 0) is 0 Å². The summed E-state index contributed by atoms with van der Waals surface area (Å²) in [5.41, 5.74) is 9.00. The number of nitrogens with one attached hydrogen (secondary N) is 1. The maximum Gasteiger partial charge on any atom is 0.159 e. The molecule has 2 aromatic carbocycles. The zero-order chi connectivity index (χ0) is 13.1. The molecular weight excluding hydrogens is 292 g/mol. The zero-order valence-electron chi connectivity index (χ0n) is 9.91. The number of nitrogen functional groups attached to an aromatic ring is 1. The monoisotopic (exact) mass is 304 g/mol. The van der Waals surface area contributed by atoms with Gasteiger partial charge in [-0.2, -0.15) is 0 Å². The molecule has 0 bridgehead atoms. The van der Waals surface area contributed by atoms with E-state index < -0.39 is 0 Å². The van der Waals surface area contributed by atoms with Crippen LogP contribution in [0.4, 0.5) is 17.1 Å². The van der Waals surface area contributed by atoms with Crippen molar-refractivity contribution in [3.8, 4) is 0 Å². The fourth-order valence-electron chi connectivity index (χ4n) is 1.59. The van der Waals surface area contributed by atoms with Crippen LogP contribution in [0.3, 0.4) is 0 Å². The number of hydrogen-bond donors (Lipinski definition) is 2. The largest absolute Gasteiger partial charge is 0.397 e. The number of nitrogens with two attached hydrogens (primary N) is 1. The van der Waals surface area contributed by atoms with Crippen molar-refractivity contribution >= 4 is 38.8 Å². The Morgan fingerprint density at radius 3 is 2.39 bits per heavy atom. The van der Waals surface area contributed by atoms with Crippen LogP contribution in [-0.4, -0.2) is 5.78 Å². The van der Waals surface area contributed by atoms with Gasteiger partial charge in [-0.15, -0.1) is 0 Å². The second kappa shape index (κ2) is 5.23. The van der Waals surface area contributed by atoms with Crippen LogP contribution in [0.1, 0.15) is 17.3 Å². The van der Waals surface area contributed by atoms with Gasteiger partial charge in [-0.1, -0.05) is 15.9 Å². The Hall–Kier alpha value is -1.81. The van der Waals surface area contributed by atoms with Crippen molar-refractivity contribution in [1.82, 2.24) is 0 Å². The second-order valence-electron chi connectivity index (χ2n) is 3.99. The molecule has 0 spiro atoms. The first-order valence-corrected chi connectivity index (χ1v) is 6.28. The molecule has 2 rings (SSSR count). The Bertz CT molecular complexity index is 579. The van der Waals surface area contributed by atoms with Gasteiger partial charge in [0.2, 0.25) is 0 Å². The highest BCUT2D eigenvalue weighted by Gasteiger charge is 2.02. The molecule has 0 radical (unpaired) electrons. The second-order valence-corrected chi connectivity index (χ2v) is 4.91. The average molecular weight is 305 g/mol. The number of rotatable bonds is 3. The minimum Gasteiger partial charge on any atom is -0.397 e. The smallest absolute Gasteiger partial charge is 0.159 e. The topological polar surface area (TPSA) is 55.1 Å². The minimum atomic E-state index is 0.0599. The van der Waals surface area contributed by atoms with Gasteiger partial charge in [0.25, 0.3) is 0 Å². The van der Waals surface area contributed by atoms with Crippen LogP contribution >= 0.6 is 15.9 Å². The predicted octanol–water partition coefficient (Wildman–Crippen LogP) is 3.98. The van der Waals surface area contributed by atoms with Crippen molar-refractivity contribution in [2.45, 2.75) is 6.92 Å². The van der Waals surface area contributed by atoms with Gasteiger partial charge in [0.15, 0.2) is 5.78 Å². The lowest BCUT2D eigenvalue weighted by molar-refractivity contribution is 0.101. The standard InChI is InChI=1S/C14H13BrN2O/c1-9(18)10-2-5-12(6-3-10)17-14-7-4-11(15)8-13(14)16/h2-8,17H,16H2,1H3. The number of Topliss-reactive ketones (excluding diaryl/α,β-unsaturated/α-hetero) is 1. The van der Waals surface area contributed by atoms with Crippen LogP contribution in [0, 0.1) is 0 Å². The third kappa shape index (κ3) is 2.90. The minimum absolute atomic E-state index is 0.0599. The molecule has 0 aliphatic heterocycles. The number of benzene rings is 2. The van der Waals surface area contributed by atoms with Gasteiger partial charge < -0.3 is 11.1 Å². The molecule has 92 valence electrons. The van der Waals surface area contributed by atoms with Gasteiger partial charge in [-0.3, -0.25) is 4.79 Å². The molecule has 0 aromatic heterocycles. The Kier molecular flexibility index (Phi) is 3.67. The molecule has 0 saturated carbocycles. The van der Waals surface area contributed by atoms with Crippen LogP contribution < -0.4 is 11.1 Å². The van der Waals surface area contributed by atoms with Gasteiger partial charge in [0.05, 0.1) is 11.4 Å². The SMILES string of the molecule is CC(=O)c1ccc(Nc2ccc(Br)cc2N)cc1. The van der Waals surface area contributed by atoms with E-state index in [1.165, 1.54) is 0 Å². The van der Waals surface area contributed by atoms with Crippen molar-refractivity contribution in [2.24, 2.45) is 0 Å². The average Bonchev–Trinajstić information content (AvgIpc) is 2.33. The number of halogens is 1. The van der Waals surface area contributed by atoms with Crippen LogP contribution in [0.5, 0.6) is 0 Å². The normalized spacial score (nSPS) is 10.1. The fraction of sp³-hybridized carbons (Fsp3) is 0.0714. The number of anilines is 3. The molecule has 0 amide bonds. The van der Waals surface area contributed by atoms with Gasteiger partial charge in [0, 0.05) is 15.7 Å². The fourth-order valence-corrected chi connectivity index (χ4v) is 1.97. The molecule has 2 aromatic rings. The summed E-state index contributed by atoms with van der Waals surface area (Å²) in [6.07, 6.45) is 0. The molecule has 0 aliphatic rings. The summed E-state index contributed by atoms with van der Waals surface area (Å²) in [5, 5.41) is 3.21. The van der Waals surface area contributed by atoms with Crippen molar-refractivity contribution < 1.29 is 4.79 Å². The van der Waals surface area contributed by atoms with Crippen LogP contribution in [0.15, 0.2) is 46.9 Å². The highest BCUT2D eigenvalue weighted by molar-refractivity contribution is 9.10. The van der Waals surface area contributed by atoms with Crippen LogP contribution in [0.2, 0.25) is 0 Å². The first-order chi connectivity index (χ1) is 8.56. The highest BCUT2D eigenvalue weighted by atomic mass is 79.9. The Balaban J connectivity index is 2.21. The molecule has 4 heteroatoms. The van der Waals surface area contributed by atoms with Crippen LogP contribution in [0.25, 0.3) is 0 Å². The predicted molar refractivity (Wildman–Crippen MR) is 78.3 cm³/mol. The lowest BCUT2D eigenvalue weighted by Gasteiger charge is -2.10. The summed E-state index contributed by atoms with van der Waals surface area (Å²) < 4.78 is 0.942. The maximum absolute atomic E-state index is 11.2. The van der Waals surface area contributed by atoms with E-state index in [4.69, 9.17) is 5.73 Å². The number of carbonyl (C=O) groups is 1. The first kappa shape index (κ1) is 12.6. The number of hydrogen-bond acceptors (Lipinski definition) is 3. The summed E-state index contributed by atoms with van der Waals surface area (Å²) in [5.74, 6) is 0.0599. The van der Waals surface area contributed by atoms with Gasteiger partial charge >= 0.3 is 0 Å². The maximum atomic E-state index is 11.2. The Morgan fingerprint density at radius 1 is 1.17 bits per heavy atom. The molecule has 0 atom stereocenters. The molecule has 0 aliphatic carbocycles. The summed E-state index contributed by atoms with van der Waals surface area (Å²) in [7, 11) is 0. The third-order valence-corrected chi connectivity index (χ3v) is 3.08. The van der Waals surface area contributed by atoms with E-state index in [0.29, 0.717) is 11.3 Å².